The highest BCUT2D eigenvalue weighted by molar-refractivity contribution is 5.35. The van der Waals surface area contributed by atoms with Gasteiger partial charge in [0.15, 0.2) is 0 Å². The van der Waals surface area contributed by atoms with Crippen LogP contribution in [0.5, 0.6) is 5.75 Å². The van der Waals surface area contributed by atoms with Gasteiger partial charge in [-0.1, -0.05) is 12.1 Å². The Bertz CT molecular complexity index is 620. The predicted molar refractivity (Wildman–Crippen MR) is 72.8 cm³/mol. The summed E-state index contributed by atoms with van der Waals surface area (Å²) < 4.78 is 45.5. The molecule has 0 bridgehead atoms. The highest BCUT2D eigenvalue weighted by Gasteiger charge is 2.34. The molecule has 0 aliphatic heterocycles. The fraction of sp³-hybridized carbons (Fsp3) is 0.357. The van der Waals surface area contributed by atoms with E-state index in [2.05, 4.69) is 4.98 Å². The first-order valence-electron chi connectivity index (χ1n) is 6.41. The van der Waals surface area contributed by atoms with Crippen molar-refractivity contribution in [1.29, 1.82) is 0 Å². The molecule has 21 heavy (non-hydrogen) atoms. The van der Waals surface area contributed by atoms with Crippen molar-refractivity contribution < 1.29 is 17.9 Å². The Morgan fingerprint density at radius 2 is 1.95 bits per heavy atom. The number of anilines is 1. The minimum Gasteiger partial charge on any atom is -0.487 e. The van der Waals surface area contributed by atoms with Crippen LogP contribution in [0.3, 0.4) is 0 Å². The standard InChI is InChI=1S/C14H16F3N3O/c1-9(2)20-7-10(19-13(20)18)8-21-12-6-4-3-5-11(12)14(15,16)17/h3-7,9H,8H2,1-2H3,(H2,18,19). The summed E-state index contributed by atoms with van der Waals surface area (Å²) >= 11 is 0. The molecule has 114 valence electrons. The third-order valence-electron chi connectivity index (χ3n) is 2.94. The van der Waals surface area contributed by atoms with E-state index in [1.54, 1.807) is 10.8 Å². The van der Waals surface area contributed by atoms with Crippen molar-refractivity contribution >= 4 is 5.95 Å². The topological polar surface area (TPSA) is 53.1 Å². The molecule has 0 atom stereocenters. The Kier molecular flexibility index (Phi) is 4.11. The fourth-order valence-electron chi connectivity index (χ4n) is 1.92. The van der Waals surface area contributed by atoms with E-state index in [-0.39, 0.29) is 18.4 Å². The molecule has 0 saturated heterocycles. The minimum atomic E-state index is -4.45. The van der Waals surface area contributed by atoms with E-state index < -0.39 is 11.7 Å². The number of benzene rings is 1. The van der Waals surface area contributed by atoms with Gasteiger partial charge < -0.3 is 15.0 Å². The van der Waals surface area contributed by atoms with Crippen molar-refractivity contribution in [3.8, 4) is 5.75 Å². The van der Waals surface area contributed by atoms with Gasteiger partial charge in [0.25, 0.3) is 0 Å². The molecule has 4 nitrogen and oxygen atoms in total. The van der Waals surface area contributed by atoms with Crippen molar-refractivity contribution in [2.75, 3.05) is 5.73 Å². The molecule has 0 spiro atoms. The van der Waals surface area contributed by atoms with Gasteiger partial charge in [-0.3, -0.25) is 0 Å². The molecular weight excluding hydrogens is 283 g/mol. The number of ether oxygens (including phenoxy) is 1. The molecule has 0 unspecified atom stereocenters. The van der Waals surface area contributed by atoms with Gasteiger partial charge in [-0.2, -0.15) is 13.2 Å². The van der Waals surface area contributed by atoms with Gasteiger partial charge in [0, 0.05) is 12.2 Å². The summed E-state index contributed by atoms with van der Waals surface area (Å²) in [6.45, 7) is 3.79. The van der Waals surface area contributed by atoms with E-state index >= 15 is 0 Å². The van der Waals surface area contributed by atoms with Crippen molar-refractivity contribution in [3.05, 3.63) is 41.7 Å². The lowest BCUT2D eigenvalue weighted by Crippen LogP contribution is -2.08. The second kappa shape index (κ2) is 5.67. The van der Waals surface area contributed by atoms with Crippen molar-refractivity contribution in [2.24, 2.45) is 0 Å². The second-order valence-electron chi connectivity index (χ2n) is 4.87. The molecule has 2 rings (SSSR count). The van der Waals surface area contributed by atoms with Crippen LogP contribution in [0.2, 0.25) is 0 Å². The maximum Gasteiger partial charge on any atom is 0.419 e. The maximum absolute atomic E-state index is 12.8. The van der Waals surface area contributed by atoms with Gasteiger partial charge in [0.05, 0.1) is 11.3 Å². The molecule has 0 radical (unpaired) electrons. The van der Waals surface area contributed by atoms with Crippen LogP contribution in [0.1, 0.15) is 31.1 Å². The molecule has 0 aliphatic carbocycles. The maximum atomic E-state index is 12.8. The highest BCUT2D eigenvalue weighted by atomic mass is 19.4. The molecule has 0 saturated carbocycles. The summed E-state index contributed by atoms with van der Waals surface area (Å²) in [5.41, 5.74) is 5.41. The number of hydrogen-bond donors (Lipinski definition) is 1. The molecular formula is C14H16F3N3O. The molecule has 2 aromatic rings. The van der Waals surface area contributed by atoms with Crippen LogP contribution >= 0.6 is 0 Å². The number of imidazole rings is 1. The number of para-hydroxylation sites is 1. The Morgan fingerprint density at radius 1 is 1.29 bits per heavy atom. The zero-order valence-electron chi connectivity index (χ0n) is 11.7. The summed E-state index contributed by atoms with van der Waals surface area (Å²) in [7, 11) is 0. The Hall–Kier alpha value is -2.18. The second-order valence-corrected chi connectivity index (χ2v) is 4.87. The number of aromatic nitrogens is 2. The van der Waals surface area contributed by atoms with Crippen molar-refractivity contribution in [1.82, 2.24) is 9.55 Å². The van der Waals surface area contributed by atoms with E-state index in [0.717, 1.165) is 6.07 Å². The molecule has 1 aromatic carbocycles. The minimum absolute atomic E-state index is 0.0724. The lowest BCUT2D eigenvalue weighted by atomic mass is 10.2. The van der Waals surface area contributed by atoms with E-state index in [1.807, 2.05) is 13.8 Å². The number of alkyl halides is 3. The normalized spacial score (nSPS) is 11.9. The van der Waals surface area contributed by atoms with Crippen LogP contribution in [0, 0.1) is 0 Å². The molecule has 0 fully saturated rings. The molecule has 2 N–H and O–H groups in total. The quantitative estimate of drug-likeness (QED) is 0.937. The Morgan fingerprint density at radius 3 is 2.52 bits per heavy atom. The molecule has 1 aromatic heterocycles. The van der Waals surface area contributed by atoms with E-state index in [1.165, 1.54) is 18.2 Å². The summed E-state index contributed by atoms with van der Waals surface area (Å²) in [5, 5.41) is 0. The third kappa shape index (κ3) is 3.48. The zero-order valence-corrected chi connectivity index (χ0v) is 11.7. The van der Waals surface area contributed by atoms with Gasteiger partial charge in [-0.05, 0) is 26.0 Å². The lowest BCUT2D eigenvalue weighted by molar-refractivity contribution is -0.139. The van der Waals surface area contributed by atoms with Crippen LogP contribution in [-0.2, 0) is 12.8 Å². The monoisotopic (exact) mass is 299 g/mol. The Balaban J connectivity index is 2.16. The van der Waals surface area contributed by atoms with Crippen LogP contribution in [0.25, 0.3) is 0 Å². The number of halogens is 3. The van der Waals surface area contributed by atoms with Crippen LogP contribution in [0.4, 0.5) is 19.1 Å². The third-order valence-corrected chi connectivity index (χ3v) is 2.94. The number of rotatable bonds is 4. The summed E-state index contributed by atoms with van der Waals surface area (Å²) in [5.74, 6) is 0.0929. The van der Waals surface area contributed by atoms with Crippen LogP contribution in [0.15, 0.2) is 30.5 Å². The smallest absolute Gasteiger partial charge is 0.419 e. The SMILES string of the molecule is CC(C)n1cc(COc2ccccc2C(F)(F)F)nc1N. The Labute approximate surface area is 120 Å². The molecule has 0 amide bonds. The average Bonchev–Trinajstić information content (AvgIpc) is 2.77. The van der Waals surface area contributed by atoms with Gasteiger partial charge in [-0.15, -0.1) is 0 Å². The molecule has 7 heteroatoms. The first-order valence-corrected chi connectivity index (χ1v) is 6.41. The first-order chi connectivity index (χ1) is 9.79. The zero-order chi connectivity index (χ0) is 15.6. The number of nitrogen functional groups attached to an aromatic ring is 1. The largest absolute Gasteiger partial charge is 0.487 e. The van der Waals surface area contributed by atoms with Gasteiger partial charge in [0.1, 0.15) is 12.4 Å². The van der Waals surface area contributed by atoms with E-state index in [0.29, 0.717) is 11.6 Å². The van der Waals surface area contributed by atoms with E-state index in [4.69, 9.17) is 10.5 Å². The van der Waals surface area contributed by atoms with Crippen LogP contribution in [-0.4, -0.2) is 9.55 Å². The number of nitrogens with zero attached hydrogens (tertiary/aromatic N) is 2. The van der Waals surface area contributed by atoms with Crippen LogP contribution < -0.4 is 10.5 Å². The average molecular weight is 299 g/mol. The van der Waals surface area contributed by atoms with Gasteiger partial charge >= 0.3 is 6.18 Å². The summed E-state index contributed by atoms with van der Waals surface area (Å²) in [6.07, 6.45) is -2.77. The molecule has 0 aliphatic rings. The summed E-state index contributed by atoms with van der Waals surface area (Å²) in [4.78, 5) is 4.07. The van der Waals surface area contributed by atoms with Crippen molar-refractivity contribution in [2.45, 2.75) is 32.7 Å². The number of nitrogens with two attached hydrogens (primary N) is 1. The number of hydrogen-bond acceptors (Lipinski definition) is 3. The highest BCUT2D eigenvalue weighted by Crippen LogP contribution is 2.36. The first kappa shape index (κ1) is 15.2. The van der Waals surface area contributed by atoms with Gasteiger partial charge in [-0.25, -0.2) is 4.98 Å². The summed E-state index contributed by atoms with van der Waals surface area (Å²) in [6, 6.07) is 5.20. The van der Waals surface area contributed by atoms with E-state index in [9.17, 15) is 13.2 Å². The predicted octanol–water partition coefficient (Wildman–Crippen LogP) is 3.64. The molecule has 1 heterocycles. The fourth-order valence-corrected chi connectivity index (χ4v) is 1.92. The van der Waals surface area contributed by atoms with Crippen molar-refractivity contribution in [3.63, 3.8) is 0 Å². The van der Waals surface area contributed by atoms with Gasteiger partial charge in [0.2, 0.25) is 5.95 Å². The lowest BCUT2D eigenvalue weighted by Gasteiger charge is -2.12.